The summed E-state index contributed by atoms with van der Waals surface area (Å²) in [7, 11) is 0. The SMILES string of the molecule is Cc1ccccc1C1CNC(C)(C)O1. The zero-order valence-electron chi connectivity index (χ0n) is 9.00. The topological polar surface area (TPSA) is 21.3 Å². The largest absolute Gasteiger partial charge is 0.352 e. The summed E-state index contributed by atoms with van der Waals surface area (Å²) in [4.78, 5) is 0. The maximum absolute atomic E-state index is 5.90. The molecule has 1 aromatic rings. The Labute approximate surface area is 85.3 Å². The van der Waals surface area contributed by atoms with Gasteiger partial charge in [-0.05, 0) is 31.9 Å². The van der Waals surface area contributed by atoms with Crippen LogP contribution in [0.25, 0.3) is 0 Å². The van der Waals surface area contributed by atoms with Crippen molar-refractivity contribution >= 4 is 0 Å². The summed E-state index contributed by atoms with van der Waals surface area (Å²) in [5.41, 5.74) is 2.41. The van der Waals surface area contributed by atoms with Gasteiger partial charge in [0.1, 0.15) is 5.72 Å². The number of nitrogens with one attached hydrogen (secondary N) is 1. The highest BCUT2D eigenvalue weighted by Gasteiger charge is 2.32. The van der Waals surface area contributed by atoms with Crippen LogP contribution in [0.15, 0.2) is 24.3 Å². The minimum Gasteiger partial charge on any atom is -0.352 e. The van der Waals surface area contributed by atoms with Gasteiger partial charge in [-0.1, -0.05) is 24.3 Å². The zero-order valence-corrected chi connectivity index (χ0v) is 9.00. The average Bonchev–Trinajstić information content (AvgIpc) is 2.47. The molecule has 1 aliphatic heterocycles. The second-order valence-corrected chi connectivity index (χ2v) is 4.35. The molecule has 1 fully saturated rings. The molecule has 1 aromatic carbocycles. The number of hydrogen-bond acceptors (Lipinski definition) is 2. The van der Waals surface area contributed by atoms with Gasteiger partial charge in [0, 0.05) is 6.54 Å². The third kappa shape index (κ3) is 1.81. The first-order chi connectivity index (χ1) is 6.58. The van der Waals surface area contributed by atoms with E-state index in [1.165, 1.54) is 11.1 Å². The molecular formula is C12H17NO. The van der Waals surface area contributed by atoms with E-state index in [9.17, 15) is 0 Å². The minimum absolute atomic E-state index is 0.188. The fourth-order valence-electron chi connectivity index (χ4n) is 1.90. The predicted molar refractivity (Wildman–Crippen MR) is 57.1 cm³/mol. The van der Waals surface area contributed by atoms with E-state index in [2.05, 4.69) is 50.4 Å². The summed E-state index contributed by atoms with van der Waals surface area (Å²) in [6, 6.07) is 8.40. The second-order valence-electron chi connectivity index (χ2n) is 4.35. The molecule has 1 atom stereocenters. The summed E-state index contributed by atoms with van der Waals surface area (Å²) in [5.74, 6) is 0. The summed E-state index contributed by atoms with van der Waals surface area (Å²) in [6.45, 7) is 7.15. The molecule has 1 aliphatic rings. The molecule has 0 spiro atoms. The maximum Gasteiger partial charge on any atom is 0.114 e. The molecule has 0 saturated carbocycles. The highest BCUT2D eigenvalue weighted by atomic mass is 16.5. The molecule has 2 nitrogen and oxygen atoms in total. The average molecular weight is 191 g/mol. The van der Waals surface area contributed by atoms with Gasteiger partial charge < -0.3 is 4.74 Å². The third-order valence-electron chi connectivity index (χ3n) is 2.69. The van der Waals surface area contributed by atoms with E-state index in [0.29, 0.717) is 0 Å². The molecule has 1 unspecified atom stereocenters. The van der Waals surface area contributed by atoms with Crippen LogP contribution >= 0.6 is 0 Å². The van der Waals surface area contributed by atoms with Gasteiger partial charge in [0.15, 0.2) is 0 Å². The number of ether oxygens (including phenoxy) is 1. The monoisotopic (exact) mass is 191 g/mol. The summed E-state index contributed by atoms with van der Waals surface area (Å²) in [6.07, 6.45) is 0.200. The van der Waals surface area contributed by atoms with E-state index in [1.807, 2.05) is 0 Å². The van der Waals surface area contributed by atoms with E-state index >= 15 is 0 Å². The van der Waals surface area contributed by atoms with Gasteiger partial charge in [-0.2, -0.15) is 0 Å². The molecule has 0 amide bonds. The Hall–Kier alpha value is -0.860. The van der Waals surface area contributed by atoms with Crippen LogP contribution in [0.1, 0.15) is 31.1 Å². The first-order valence-corrected chi connectivity index (χ1v) is 5.07. The Morgan fingerprint density at radius 1 is 1.36 bits per heavy atom. The van der Waals surface area contributed by atoms with Crippen molar-refractivity contribution in [2.24, 2.45) is 0 Å². The Morgan fingerprint density at radius 2 is 2.07 bits per heavy atom. The van der Waals surface area contributed by atoms with E-state index in [-0.39, 0.29) is 11.8 Å². The lowest BCUT2D eigenvalue weighted by atomic mass is 10.0. The predicted octanol–water partition coefficient (Wildman–Crippen LogP) is 2.39. The van der Waals surface area contributed by atoms with Gasteiger partial charge >= 0.3 is 0 Å². The Bertz CT molecular complexity index is 333. The van der Waals surface area contributed by atoms with Gasteiger partial charge in [-0.15, -0.1) is 0 Å². The molecule has 1 heterocycles. The van der Waals surface area contributed by atoms with Gasteiger partial charge in [-0.25, -0.2) is 0 Å². The van der Waals surface area contributed by atoms with E-state index in [4.69, 9.17) is 4.74 Å². The molecule has 0 aromatic heterocycles. The van der Waals surface area contributed by atoms with Crippen LogP contribution in [0.3, 0.4) is 0 Å². The van der Waals surface area contributed by atoms with Gasteiger partial charge in [0.25, 0.3) is 0 Å². The molecule has 14 heavy (non-hydrogen) atoms. The first kappa shape index (κ1) is 9.69. The van der Waals surface area contributed by atoms with Crippen molar-refractivity contribution in [2.45, 2.75) is 32.6 Å². The fourth-order valence-corrected chi connectivity index (χ4v) is 1.90. The molecule has 76 valence electrons. The number of rotatable bonds is 1. The molecule has 2 heteroatoms. The maximum atomic E-state index is 5.90. The van der Waals surface area contributed by atoms with Crippen molar-refractivity contribution in [3.63, 3.8) is 0 Å². The van der Waals surface area contributed by atoms with Crippen molar-refractivity contribution in [1.82, 2.24) is 5.32 Å². The number of aryl methyl sites for hydroxylation is 1. The van der Waals surface area contributed by atoms with Crippen molar-refractivity contribution in [3.8, 4) is 0 Å². The molecular weight excluding hydrogens is 174 g/mol. The highest BCUT2D eigenvalue weighted by Crippen LogP contribution is 2.29. The van der Waals surface area contributed by atoms with Crippen molar-refractivity contribution in [3.05, 3.63) is 35.4 Å². The lowest BCUT2D eigenvalue weighted by Gasteiger charge is -2.19. The van der Waals surface area contributed by atoms with Crippen molar-refractivity contribution in [2.75, 3.05) is 6.54 Å². The fraction of sp³-hybridized carbons (Fsp3) is 0.500. The van der Waals surface area contributed by atoms with E-state index in [1.54, 1.807) is 0 Å². The Morgan fingerprint density at radius 3 is 2.64 bits per heavy atom. The van der Waals surface area contributed by atoms with Crippen molar-refractivity contribution in [1.29, 1.82) is 0 Å². The molecule has 2 rings (SSSR count). The Balaban J connectivity index is 2.22. The molecule has 1 N–H and O–H groups in total. The van der Waals surface area contributed by atoms with Crippen LogP contribution in [0, 0.1) is 6.92 Å². The number of hydrogen-bond donors (Lipinski definition) is 1. The smallest absolute Gasteiger partial charge is 0.114 e. The second kappa shape index (κ2) is 3.37. The molecule has 1 saturated heterocycles. The van der Waals surface area contributed by atoms with E-state index in [0.717, 1.165) is 6.54 Å². The lowest BCUT2D eigenvalue weighted by Crippen LogP contribution is -2.33. The van der Waals surface area contributed by atoms with Crippen LogP contribution in [0.5, 0.6) is 0 Å². The third-order valence-corrected chi connectivity index (χ3v) is 2.69. The van der Waals surface area contributed by atoms with Crippen LogP contribution in [0.4, 0.5) is 0 Å². The highest BCUT2D eigenvalue weighted by molar-refractivity contribution is 5.28. The van der Waals surface area contributed by atoms with Crippen LogP contribution in [-0.4, -0.2) is 12.3 Å². The van der Waals surface area contributed by atoms with Crippen molar-refractivity contribution < 1.29 is 4.74 Å². The van der Waals surface area contributed by atoms with Gasteiger partial charge in [-0.3, -0.25) is 5.32 Å². The number of benzene rings is 1. The standard InChI is InChI=1S/C12H17NO/c1-9-6-4-5-7-10(9)11-8-13-12(2,3)14-11/h4-7,11,13H,8H2,1-3H3. The molecule has 0 bridgehead atoms. The van der Waals surface area contributed by atoms with Crippen LogP contribution < -0.4 is 5.32 Å². The van der Waals surface area contributed by atoms with Gasteiger partial charge in [0.2, 0.25) is 0 Å². The summed E-state index contributed by atoms with van der Waals surface area (Å²) < 4.78 is 5.90. The van der Waals surface area contributed by atoms with E-state index < -0.39 is 0 Å². The lowest BCUT2D eigenvalue weighted by molar-refractivity contribution is -0.0243. The first-order valence-electron chi connectivity index (χ1n) is 5.07. The van der Waals surface area contributed by atoms with Gasteiger partial charge in [0.05, 0.1) is 6.10 Å². The van der Waals surface area contributed by atoms with Crippen LogP contribution in [0.2, 0.25) is 0 Å². The minimum atomic E-state index is -0.188. The molecule has 0 aliphatic carbocycles. The zero-order chi connectivity index (χ0) is 10.2. The van der Waals surface area contributed by atoms with Crippen LogP contribution in [-0.2, 0) is 4.74 Å². The summed E-state index contributed by atoms with van der Waals surface area (Å²) in [5, 5.41) is 3.35. The normalized spacial score (nSPS) is 25.2. The Kier molecular flexibility index (Phi) is 2.33. The molecule has 0 radical (unpaired) electrons. The quantitative estimate of drug-likeness (QED) is 0.736. The summed E-state index contributed by atoms with van der Waals surface area (Å²) >= 11 is 0.